The number of methoxy groups -OCH3 is 2. The number of nitriles is 1. The summed E-state index contributed by atoms with van der Waals surface area (Å²) in [5, 5.41) is 9.92. The fourth-order valence-corrected chi connectivity index (χ4v) is 6.99. The van der Waals surface area contributed by atoms with E-state index in [1.165, 1.54) is 32.2 Å². The van der Waals surface area contributed by atoms with Gasteiger partial charge in [0.15, 0.2) is 11.5 Å². The number of aromatic nitrogens is 1. The summed E-state index contributed by atoms with van der Waals surface area (Å²) in [6.45, 7) is 3.28. The quantitative estimate of drug-likeness (QED) is 0.542. The number of hydrogen-bond acceptors (Lipinski definition) is 7. The van der Waals surface area contributed by atoms with Crippen LogP contribution < -0.4 is 14.4 Å². The van der Waals surface area contributed by atoms with Crippen LogP contribution in [0, 0.1) is 23.2 Å². The van der Waals surface area contributed by atoms with Gasteiger partial charge in [0, 0.05) is 25.2 Å². The van der Waals surface area contributed by atoms with Crippen molar-refractivity contribution in [2.75, 3.05) is 38.8 Å². The Hall–Kier alpha value is -3.24. The molecule has 0 radical (unpaired) electrons. The Morgan fingerprint density at radius 2 is 2.00 bits per heavy atom. The maximum absolute atomic E-state index is 9.92. The second kappa shape index (κ2) is 9.67. The van der Waals surface area contributed by atoms with Gasteiger partial charge in [-0.25, -0.2) is 0 Å². The maximum atomic E-state index is 9.92. The topological polar surface area (TPSA) is 74.8 Å². The van der Waals surface area contributed by atoms with Crippen LogP contribution in [-0.4, -0.2) is 55.8 Å². The summed E-state index contributed by atoms with van der Waals surface area (Å²) in [6.07, 6.45) is 13.8. The van der Waals surface area contributed by atoms with Gasteiger partial charge in [-0.1, -0.05) is 24.1 Å². The first-order chi connectivity index (χ1) is 17.7. The lowest BCUT2D eigenvalue weighted by Gasteiger charge is -2.54. The third-order valence-corrected chi connectivity index (χ3v) is 8.48. The molecule has 1 aromatic heterocycles. The Bertz CT molecular complexity index is 1230. The molecule has 4 heterocycles. The molecule has 1 aromatic carbocycles. The van der Waals surface area contributed by atoms with E-state index in [1.54, 1.807) is 19.8 Å². The van der Waals surface area contributed by atoms with Crippen molar-refractivity contribution in [3.8, 4) is 17.6 Å². The standard InChI is InChI=1S/C29H34N4O3/c1-34-25-10-8-19(14-26(25)35-2)9-11-27-31-23(17-30)29(36-27)33-13-5-6-20-15-21-16-22(28(20)33)18-32-12-4-3-7-24(21)32/h8-11,14-15,21-22,24,28H,3-7,12-13,16,18H2,1-2H3/b11-9+/t21-,22+,24-,28-/m1/s1. The molecule has 0 amide bonds. The van der Waals surface area contributed by atoms with Gasteiger partial charge in [0.25, 0.3) is 0 Å². The Kier molecular flexibility index (Phi) is 6.22. The molecule has 188 valence electrons. The molecule has 0 N–H and O–H groups in total. The third kappa shape index (κ3) is 4.08. The van der Waals surface area contributed by atoms with Crippen molar-refractivity contribution >= 4 is 18.0 Å². The van der Waals surface area contributed by atoms with Crippen molar-refractivity contribution in [1.29, 1.82) is 5.26 Å². The highest BCUT2D eigenvalue weighted by Gasteiger charge is 2.47. The summed E-state index contributed by atoms with van der Waals surface area (Å²) in [7, 11) is 3.24. The maximum Gasteiger partial charge on any atom is 0.235 e. The van der Waals surface area contributed by atoms with E-state index in [-0.39, 0.29) is 0 Å². The first-order valence-corrected chi connectivity index (χ1v) is 13.2. The number of hydrogen-bond donors (Lipinski definition) is 0. The van der Waals surface area contributed by atoms with Crippen LogP contribution in [0.4, 0.5) is 5.88 Å². The second-order valence-corrected chi connectivity index (χ2v) is 10.5. The number of rotatable bonds is 5. The van der Waals surface area contributed by atoms with Crippen LogP contribution in [0.25, 0.3) is 12.2 Å². The van der Waals surface area contributed by atoms with Gasteiger partial charge < -0.3 is 18.8 Å². The minimum atomic E-state index is 0.306. The summed E-state index contributed by atoms with van der Waals surface area (Å²) in [6, 6.07) is 9.05. The number of piperidine rings is 3. The number of benzene rings is 1. The van der Waals surface area contributed by atoms with E-state index in [4.69, 9.17) is 13.9 Å². The van der Waals surface area contributed by atoms with E-state index in [0.29, 0.717) is 46.8 Å². The Morgan fingerprint density at radius 3 is 2.83 bits per heavy atom. The molecular weight excluding hydrogens is 452 g/mol. The van der Waals surface area contributed by atoms with Gasteiger partial charge in [0.1, 0.15) is 6.07 Å². The molecule has 3 saturated heterocycles. The number of oxazole rings is 1. The van der Waals surface area contributed by atoms with Crippen LogP contribution in [0.2, 0.25) is 0 Å². The summed E-state index contributed by atoms with van der Waals surface area (Å²) >= 11 is 0. The molecule has 6 rings (SSSR count). The van der Waals surface area contributed by atoms with E-state index in [0.717, 1.165) is 37.5 Å². The van der Waals surface area contributed by atoms with Crippen molar-refractivity contribution in [3.63, 3.8) is 0 Å². The van der Waals surface area contributed by atoms with Gasteiger partial charge >= 0.3 is 0 Å². The average molecular weight is 487 g/mol. The first-order valence-electron chi connectivity index (χ1n) is 13.2. The van der Waals surface area contributed by atoms with Crippen LogP contribution in [-0.2, 0) is 0 Å². The van der Waals surface area contributed by atoms with Crippen LogP contribution in [0.15, 0.2) is 34.3 Å². The fourth-order valence-electron chi connectivity index (χ4n) is 6.99. The molecule has 0 unspecified atom stereocenters. The molecule has 3 aliphatic heterocycles. The van der Waals surface area contributed by atoms with E-state index in [9.17, 15) is 5.26 Å². The Balaban J connectivity index is 1.28. The monoisotopic (exact) mass is 486 g/mol. The molecule has 4 atom stereocenters. The number of anilines is 1. The summed E-state index contributed by atoms with van der Waals surface area (Å²) in [5.74, 6) is 3.67. The van der Waals surface area contributed by atoms with Crippen LogP contribution in [0.1, 0.15) is 55.7 Å². The molecule has 3 fully saturated rings. The van der Waals surface area contributed by atoms with E-state index in [1.807, 2.05) is 30.4 Å². The first kappa shape index (κ1) is 23.2. The molecule has 36 heavy (non-hydrogen) atoms. The average Bonchev–Trinajstić information content (AvgIpc) is 3.34. The van der Waals surface area contributed by atoms with Crippen LogP contribution >= 0.6 is 0 Å². The highest BCUT2D eigenvalue weighted by atomic mass is 16.5. The van der Waals surface area contributed by atoms with Crippen molar-refractivity contribution in [2.24, 2.45) is 11.8 Å². The molecule has 0 spiro atoms. The second-order valence-electron chi connectivity index (χ2n) is 10.5. The highest BCUT2D eigenvalue weighted by molar-refractivity contribution is 5.69. The molecule has 7 nitrogen and oxygen atoms in total. The molecule has 7 heteroatoms. The zero-order chi connectivity index (χ0) is 24.6. The predicted octanol–water partition coefficient (Wildman–Crippen LogP) is 5.13. The lowest BCUT2D eigenvalue weighted by molar-refractivity contribution is 0.0305. The molecule has 2 bridgehead atoms. The largest absolute Gasteiger partial charge is 0.493 e. The minimum Gasteiger partial charge on any atom is -0.493 e. The van der Waals surface area contributed by atoms with Crippen molar-refractivity contribution in [2.45, 2.75) is 50.6 Å². The van der Waals surface area contributed by atoms with Crippen molar-refractivity contribution in [3.05, 3.63) is 47.0 Å². The SMILES string of the molecule is COc1ccc(/C=C/c2nc(C#N)c(N3CCCC4=C[C@@H]5C[C@@H](CN6CCCC[C@H]56)[C@@H]43)o2)cc1OC. The highest BCUT2D eigenvalue weighted by Crippen LogP contribution is 2.46. The van der Waals surface area contributed by atoms with Gasteiger partial charge in [-0.3, -0.25) is 4.90 Å². The molecule has 1 aliphatic carbocycles. The van der Waals surface area contributed by atoms with E-state index < -0.39 is 0 Å². The predicted molar refractivity (Wildman–Crippen MR) is 139 cm³/mol. The Labute approximate surface area is 213 Å². The van der Waals surface area contributed by atoms with Gasteiger partial charge in [-0.05, 0) is 74.3 Å². The lowest BCUT2D eigenvalue weighted by atomic mass is 9.68. The normalized spacial score (nSPS) is 27.7. The van der Waals surface area contributed by atoms with Gasteiger partial charge in [-0.2, -0.15) is 10.2 Å². The van der Waals surface area contributed by atoms with Gasteiger partial charge in [-0.15, -0.1) is 0 Å². The van der Waals surface area contributed by atoms with Crippen molar-refractivity contribution < 1.29 is 13.9 Å². The zero-order valence-corrected chi connectivity index (χ0v) is 21.2. The molecular formula is C29H34N4O3. The number of nitrogens with zero attached hydrogens (tertiary/aromatic N) is 4. The summed E-state index contributed by atoms with van der Waals surface area (Å²) in [4.78, 5) is 9.62. The zero-order valence-electron chi connectivity index (χ0n) is 21.2. The number of fused-ring (bicyclic) bond motifs is 6. The van der Waals surface area contributed by atoms with Gasteiger partial charge in [0.2, 0.25) is 17.5 Å². The molecule has 4 aliphatic rings. The summed E-state index contributed by atoms with van der Waals surface area (Å²) in [5.41, 5.74) is 2.86. The van der Waals surface area contributed by atoms with Crippen LogP contribution in [0.5, 0.6) is 11.5 Å². The van der Waals surface area contributed by atoms with Crippen molar-refractivity contribution in [1.82, 2.24) is 9.88 Å². The van der Waals surface area contributed by atoms with E-state index >= 15 is 0 Å². The minimum absolute atomic E-state index is 0.306. The fraction of sp³-hybridized carbons (Fsp3) is 0.517. The lowest BCUT2D eigenvalue weighted by Crippen LogP contribution is -2.59. The number of ether oxygens (including phenoxy) is 2. The molecule has 2 aromatic rings. The van der Waals surface area contributed by atoms with Crippen LogP contribution in [0.3, 0.4) is 0 Å². The van der Waals surface area contributed by atoms with E-state index in [2.05, 4.69) is 26.9 Å². The molecule has 0 saturated carbocycles. The van der Waals surface area contributed by atoms with Gasteiger partial charge in [0.05, 0.1) is 20.3 Å². The summed E-state index contributed by atoms with van der Waals surface area (Å²) < 4.78 is 17.0. The third-order valence-electron chi connectivity index (χ3n) is 8.48. The smallest absolute Gasteiger partial charge is 0.235 e. The Morgan fingerprint density at radius 1 is 1.11 bits per heavy atom.